The quantitative estimate of drug-likeness (QED) is 0.0213. The lowest BCUT2D eigenvalue weighted by molar-refractivity contribution is -0.384. The predicted octanol–water partition coefficient (Wildman–Crippen LogP) is 5.42. The summed E-state index contributed by atoms with van der Waals surface area (Å²) < 4.78 is 151. The van der Waals surface area contributed by atoms with Crippen molar-refractivity contribution in [1.29, 1.82) is 0 Å². The van der Waals surface area contributed by atoms with Crippen molar-refractivity contribution >= 4 is 121 Å². The van der Waals surface area contributed by atoms with Gasteiger partial charge in [-0.15, -0.1) is 20.5 Å². The molecule has 0 saturated heterocycles. The van der Waals surface area contributed by atoms with Crippen molar-refractivity contribution in [3.05, 3.63) is 82.9 Å². The predicted molar refractivity (Wildman–Crippen MR) is 223 cm³/mol. The van der Waals surface area contributed by atoms with E-state index in [1.807, 2.05) is 0 Å². The Morgan fingerprint density at radius 2 is 1.25 bits per heavy atom. The number of carboxylic acids is 1. The van der Waals surface area contributed by atoms with Crippen LogP contribution in [0.4, 0.5) is 39.8 Å². The Hall–Kier alpha value is -7.48. The van der Waals surface area contributed by atoms with E-state index < -0.39 is 151 Å². The van der Waals surface area contributed by atoms with Gasteiger partial charge >= 0.3 is 5.97 Å². The van der Waals surface area contributed by atoms with Gasteiger partial charge in [-0.05, 0) is 66.0 Å². The van der Waals surface area contributed by atoms with E-state index in [0.717, 1.165) is 54.6 Å². The molecule has 5 aromatic rings. The summed E-state index contributed by atoms with van der Waals surface area (Å²) in [5.41, 5.74) is -6.02. The summed E-state index contributed by atoms with van der Waals surface area (Å²) in [5.74, 6) is -6.31. The summed E-state index contributed by atoms with van der Waals surface area (Å²) in [5, 5.41) is 67.4. The van der Waals surface area contributed by atoms with Gasteiger partial charge in [-0.1, -0.05) is 0 Å². The molecule has 350 valence electrons. The van der Waals surface area contributed by atoms with Crippen LogP contribution in [0.5, 0.6) is 17.2 Å². The van der Waals surface area contributed by atoms with Crippen LogP contribution in [-0.4, -0.2) is 100 Å². The fourth-order valence-electron chi connectivity index (χ4n) is 5.69. The van der Waals surface area contributed by atoms with Crippen LogP contribution in [0, 0.1) is 10.1 Å². The first-order valence-corrected chi connectivity index (χ1v) is 23.4. The maximum atomic E-state index is 13.2. The van der Waals surface area contributed by atoms with Gasteiger partial charge in [-0.25, -0.2) is 4.79 Å². The van der Waals surface area contributed by atoms with Crippen molar-refractivity contribution in [3.8, 4) is 17.2 Å². The lowest BCUT2D eigenvalue weighted by atomic mass is 10.1. The Kier molecular flexibility index (Phi) is 13.2. The number of hydrazone groups is 1. The number of aromatic hydroxyl groups is 2. The number of nitro groups is 1. The van der Waals surface area contributed by atoms with Crippen LogP contribution in [-0.2, 0) is 50.1 Å². The van der Waals surface area contributed by atoms with Gasteiger partial charge in [-0.2, -0.15) is 54.0 Å². The highest BCUT2D eigenvalue weighted by Gasteiger charge is 2.41. The summed E-state index contributed by atoms with van der Waals surface area (Å²) >= 11 is -0.296. The summed E-state index contributed by atoms with van der Waals surface area (Å²) in [4.78, 5) is 31.0. The van der Waals surface area contributed by atoms with Crippen LogP contribution in [0.1, 0.15) is 0 Å². The molecule has 35 heteroatoms. The van der Waals surface area contributed by atoms with Gasteiger partial charge in [0.25, 0.3) is 52.1 Å². The minimum absolute atomic E-state index is 0.182. The summed E-state index contributed by atoms with van der Waals surface area (Å²) in [7, 11) is -21.0. The number of nitrogens with zero attached hydrogens (tertiary/aromatic N) is 9. The van der Waals surface area contributed by atoms with E-state index in [2.05, 4.69) is 35.8 Å². The SMILES string of the molecule is O=C(O)C1=NN(c2ccc(S(=O)(=O)O)cc2)C(=O)C1N=Nc1ccc(N=Nc2c(S(=O)(=O)O)cc3cc(S(=O)(=O)O)c(N=Nc4ccc([N+](=O)[O-])cc4OSO)c(O)c3c2O)c(S(=O)(=O)O)c1. The highest BCUT2D eigenvalue weighted by atomic mass is 32.2. The molecule has 1 atom stereocenters. The molecule has 0 aromatic heterocycles. The fraction of sp³-hybridized carbons (Fsp3) is 0.0312. The number of aliphatic carboxylic acids is 1. The number of benzene rings is 5. The van der Waals surface area contributed by atoms with Crippen molar-refractivity contribution < 1.29 is 90.4 Å². The van der Waals surface area contributed by atoms with Crippen LogP contribution in [0.3, 0.4) is 0 Å². The van der Waals surface area contributed by atoms with Crippen molar-refractivity contribution in [2.75, 3.05) is 5.01 Å². The molecule has 0 aliphatic carbocycles. The summed E-state index contributed by atoms with van der Waals surface area (Å²) in [6.45, 7) is 0. The maximum Gasteiger partial charge on any atom is 0.355 e. The zero-order valence-electron chi connectivity index (χ0n) is 32.0. The molecular formula is C32H21N9O21S5. The second kappa shape index (κ2) is 18.1. The van der Waals surface area contributed by atoms with Crippen LogP contribution in [0.15, 0.2) is 128 Å². The smallest absolute Gasteiger partial charge is 0.355 e. The number of hydrogen-bond acceptors (Lipinski definition) is 24. The van der Waals surface area contributed by atoms with E-state index in [-0.39, 0.29) is 18.0 Å². The molecule has 0 saturated carbocycles. The molecule has 0 radical (unpaired) electrons. The Morgan fingerprint density at radius 3 is 1.75 bits per heavy atom. The minimum atomic E-state index is -5.54. The van der Waals surface area contributed by atoms with Crippen LogP contribution >= 0.6 is 12.3 Å². The number of non-ortho nitro benzene ring substituents is 1. The van der Waals surface area contributed by atoms with Crippen molar-refractivity contribution in [3.63, 3.8) is 0 Å². The lowest BCUT2D eigenvalue weighted by Crippen LogP contribution is -2.33. The normalized spacial score (nSPS) is 15.0. The molecule has 1 unspecified atom stereocenters. The number of anilines is 1. The van der Waals surface area contributed by atoms with E-state index in [1.165, 1.54) is 0 Å². The van der Waals surface area contributed by atoms with E-state index >= 15 is 0 Å². The molecule has 1 amide bonds. The second-order valence-corrected chi connectivity index (χ2v) is 18.7. The third kappa shape index (κ3) is 10.3. The Balaban J connectivity index is 1.42. The van der Waals surface area contributed by atoms with Crippen molar-refractivity contribution in [1.82, 2.24) is 0 Å². The molecule has 8 N–H and O–H groups in total. The van der Waals surface area contributed by atoms with Gasteiger partial charge in [0.05, 0.1) is 32.6 Å². The molecule has 30 nitrogen and oxygen atoms in total. The van der Waals surface area contributed by atoms with Crippen molar-refractivity contribution in [2.45, 2.75) is 25.6 Å². The number of rotatable bonds is 15. The zero-order chi connectivity index (χ0) is 49.6. The highest BCUT2D eigenvalue weighted by molar-refractivity contribution is 7.89. The van der Waals surface area contributed by atoms with Crippen LogP contribution in [0.2, 0.25) is 0 Å². The largest absolute Gasteiger partial charge is 0.505 e. The standard InChI is InChI=1S/C32H21N9O21S5/c42-29-24-13(9-22(66(56,57)58)25(29)36-34-18-8-4-16(41(47)48)12-20(18)62-63-49)10-23(67(59,60)61)26(30(24)43)37-35-19-7-1-14(11-21(19)65(53,54)55)33-38-27-28(32(45)46)39-40(31(27)44)15-2-5-17(6-3-15)64(50,51)52/h1-12,27,42-43,49H,(H,45,46)(H,50,51,52)(H,53,54,55)(H,56,57,58)(H,59,60,61). The number of carbonyl (C=O) groups excluding carboxylic acids is 1. The van der Waals surface area contributed by atoms with E-state index in [4.69, 9.17) is 8.74 Å². The minimum Gasteiger partial charge on any atom is -0.505 e. The molecule has 0 fully saturated rings. The molecule has 0 spiro atoms. The summed E-state index contributed by atoms with van der Waals surface area (Å²) in [6.07, 6.45) is 0. The van der Waals surface area contributed by atoms with Gasteiger partial charge in [0.15, 0.2) is 23.0 Å². The number of phenols is 2. The average Bonchev–Trinajstić information content (AvgIpc) is 3.56. The Labute approximate surface area is 376 Å². The average molecular weight is 1030 g/mol. The molecule has 1 heterocycles. The lowest BCUT2D eigenvalue weighted by Gasteiger charge is -2.13. The van der Waals surface area contributed by atoms with Crippen molar-refractivity contribution in [2.24, 2.45) is 35.8 Å². The number of amides is 1. The van der Waals surface area contributed by atoms with Crippen LogP contribution < -0.4 is 9.19 Å². The monoisotopic (exact) mass is 1030 g/mol. The van der Waals surface area contributed by atoms with Gasteiger partial charge in [0.1, 0.15) is 37.4 Å². The van der Waals surface area contributed by atoms with Gasteiger partial charge in [-0.3, -0.25) is 37.7 Å². The third-order valence-electron chi connectivity index (χ3n) is 8.62. The van der Waals surface area contributed by atoms with Gasteiger partial charge in [0, 0.05) is 6.07 Å². The number of carboxylic acid groups (broad SMARTS) is 1. The third-order valence-corrected chi connectivity index (χ3v) is 12.4. The molecule has 0 bridgehead atoms. The molecule has 6 rings (SSSR count). The zero-order valence-corrected chi connectivity index (χ0v) is 36.0. The first-order chi connectivity index (χ1) is 31.1. The number of azo groups is 3. The topological polar surface area (TPSA) is 475 Å². The number of phenolic OH excluding ortho intramolecular Hbond substituents is 2. The van der Waals surface area contributed by atoms with Gasteiger partial charge in [0.2, 0.25) is 18.4 Å². The first kappa shape index (κ1) is 49.0. The number of hydrogen-bond donors (Lipinski definition) is 8. The molecule has 67 heavy (non-hydrogen) atoms. The molecular weight excluding hydrogens is 1010 g/mol. The Morgan fingerprint density at radius 1 is 0.716 bits per heavy atom. The summed E-state index contributed by atoms with van der Waals surface area (Å²) in [6, 6.07) is 7.29. The number of nitro benzene ring substituents is 1. The Bertz CT molecular complexity index is 3550. The molecule has 1 aliphatic heterocycles. The molecule has 1 aliphatic rings. The van der Waals surface area contributed by atoms with Gasteiger partial charge < -0.3 is 19.5 Å². The number of carbonyl (C=O) groups is 2. The second-order valence-electron chi connectivity index (χ2n) is 12.8. The first-order valence-electron chi connectivity index (χ1n) is 17.0. The van der Waals surface area contributed by atoms with Crippen LogP contribution in [0.25, 0.3) is 10.8 Å². The van der Waals surface area contributed by atoms with E-state index in [0.29, 0.717) is 23.2 Å². The van der Waals surface area contributed by atoms with E-state index in [9.17, 15) is 86.9 Å². The fourth-order valence-corrected chi connectivity index (χ4v) is 8.34. The maximum absolute atomic E-state index is 13.2. The van der Waals surface area contributed by atoms with E-state index in [1.54, 1.807) is 0 Å². The highest BCUT2D eigenvalue weighted by Crippen LogP contribution is 2.50. The number of fused-ring (bicyclic) bond motifs is 1. The molecule has 5 aromatic carbocycles.